The molecule has 0 saturated carbocycles. The Morgan fingerprint density at radius 3 is 2.52 bits per heavy atom. The van der Waals surface area contributed by atoms with Gasteiger partial charge in [0.15, 0.2) is 6.61 Å². The van der Waals surface area contributed by atoms with Crippen molar-refractivity contribution in [2.45, 2.75) is 18.7 Å². The zero-order valence-electron chi connectivity index (χ0n) is 16.2. The summed E-state index contributed by atoms with van der Waals surface area (Å²) >= 11 is 1.71. The van der Waals surface area contributed by atoms with Crippen molar-refractivity contribution in [1.29, 1.82) is 0 Å². The molecule has 0 heterocycles. The lowest BCUT2D eigenvalue weighted by atomic mass is 10.1. The van der Waals surface area contributed by atoms with Gasteiger partial charge in [-0.15, -0.1) is 11.8 Å². The van der Waals surface area contributed by atoms with Crippen LogP contribution < -0.4 is 10.1 Å². The molecule has 6 heteroatoms. The number of para-hydroxylation sites is 1. The van der Waals surface area contributed by atoms with Gasteiger partial charge in [-0.3, -0.25) is 9.59 Å². The first-order chi connectivity index (χ1) is 12.9. The van der Waals surface area contributed by atoms with Gasteiger partial charge in [-0.1, -0.05) is 18.2 Å². The van der Waals surface area contributed by atoms with E-state index in [4.69, 9.17) is 4.74 Å². The van der Waals surface area contributed by atoms with Crippen LogP contribution in [0.25, 0.3) is 0 Å². The monoisotopic (exact) mass is 386 g/mol. The molecular formula is C21H26N2O3S. The third-order valence-electron chi connectivity index (χ3n) is 4.12. The molecule has 27 heavy (non-hydrogen) atoms. The summed E-state index contributed by atoms with van der Waals surface area (Å²) in [7, 11) is 3.33. The Morgan fingerprint density at radius 1 is 1.07 bits per heavy atom. The van der Waals surface area contributed by atoms with Crippen LogP contribution in [-0.4, -0.2) is 49.7 Å². The number of hydrogen-bond donors (Lipinski definition) is 1. The van der Waals surface area contributed by atoms with Crippen LogP contribution in [-0.2, 0) is 4.79 Å². The molecule has 0 aliphatic heterocycles. The summed E-state index contributed by atoms with van der Waals surface area (Å²) < 4.78 is 5.52. The first-order valence-electron chi connectivity index (χ1n) is 8.78. The smallest absolute Gasteiger partial charge is 0.259 e. The lowest BCUT2D eigenvalue weighted by Gasteiger charge is -2.14. The molecular weight excluding hydrogens is 360 g/mol. The Hall–Kier alpha value is -2.47. The number of carbonyl (C=O) groups is 2. The minimum Gasteiger partial charge on any atom is -0.483 e. The number of thioether (sulfide) groups is 1. The number of rotatable bonds is 8. The summed E-state index contributed by atoms with van der Waals surface area (Å²) in [6.07, 6.45) is 0. The van der Waals surface area contributed by atoms with E-state index in [1.807, 2.05) is 0 Å². The quantitative estimate of drug-likeness (QED) is 0.559. The minimum absolute atomic E-state index is 0.0973. The average molecular weight is 387 g/mol. The van der Waals surface area contributed by atoms with Crippen molar-refractivity contribution in [2.75, 3.05) is 33.0 Å². The molecule has 0 saturated heterocycles. The second-order valence-electron chi connectivity index (χ2n) is 6.42. The zero-order valence-corrected chi connectivity index (χ0v) is 17.1. The Morgan fingerprint density at radius 2 is 1.81 bits per heavy atom. The van der Waals surface area contributed by atoms with Crippen LogP contribution in [0, 0.1) is 13.8 Å². The number of benzene rings is 2. The summed E-state index contributed by atoms with van der Waals surface area (Å²) in [5.41, 5.74) is 2.97. The first-order valence-corrected chi connectivity index (χ1v) is 9.77. The lowest BCUT2D eigenvalue weighted by Crippen LogP contribution is -2.29. The van der Waals surface area contributed by atoms with E-state index in [1.54, 1.807) is 50.1 Å². The third-order valence-corrected chi connectivity index (χ3v) is 5.11. The molecule has 2 amide bonds. The Balaban J connectivity index is 1.86. The maximum absolute atomic E-state index is 12.5. The first kappa shape index (κ1) is 20.8. The summed E-state index contributed by atoms with van der Waals surface area (Å²) in [5.74, 6) is 0.821. The number of ether oxygens (including phenoxy) is 1. The summed E-state index contributed by atoms with van der Waals surface area (Å²) in [6.45, 7) is 4.63. The molecule has 0 bridgehead atoms. The topological polar surface area (TPSA) is 58.6 Å². The zero-order chi connectivity index (χ0) is 19.8. The number of likely N-dealkylation sites (N-methyl/N-ethyl adjacent to an activating group) is 1. The van der Waals surface area contributed by atoms with E-state index in [1.165, 1.54) is 20.9 Å². The molecule has 0 spiro atoms. The van der Waals surface area contributed by atoms with Gasteiger partial charge in [-0.05, 0) is 49.2 Å². The molecule has 0 aliphatic rings. The van der Waals surface area contributed by atoms with E-state index in [0.29, 0.717) is 17.9 Å². The fourth-order valence-corrected chi connectivity index (χ4v) is 3.15. The largest absolute Gasteiger partial charge is 0.483 e. The molecule has 5 nitrogen and oxygen atoms in total. The van der Waals surface area contributed by atoms with Crippen LogP contribution in [0.3, 0.4) is 0 Å². The van der Waals surface area contributed by atoms with Crippen LogP contribution in [0.2, 0.25) is 0 Å². The Labute approximate surface area is 165 Å². The van der Waals surface area contributed by atoms with Crippen molar-refractivity contribution in [2.24, 2.45) is 0 Å². The van der Waals surface area contributed by atoms with Gasteiger partial charge in [-0.25, -0.2) is 0 Å². The van der Waals surface area contributed by atoms with Crippen LogP contribution >= 0.6 is 11.8 Å². The highest BCUT2D eigenvalue weighted by molar-refractivity contribution is 7.99. The van der Waals surface area contributed by atoms with Gasteiger partial charge >= 0.3 is 0 Å². The summed E-state index contributed by atoms with van der Waals surface area (Å²) in [4.78, 5) is 26.8. The van der Waals surface area contributed by atoms with Crippen molar-refractivity contribution >= 4 is 23.6 Å². The summed E-state index contributed by atoms with van der Waals surface area (Å²) in [6, 6.07) is 13.3. The number of nitrogens with zero attached hydrogens (tertiary/aromatic N) is 1. The molecule has 0 fully saturated rings. The third kappa shape index (κ3) is 6.32. The molecule has 2 aromatic rings. The molecule has 2 rings (SSSR count). The average Bonchev–Trinajstić information content (AvgIpc) is 2.66. The van der Waals surface area contributed by atoms with Gasteiger partial charge in [0.05, 0.1) is 5.56 Å². The maximum Gasteiger partial charge on any atom is 0.259 e. The van der Waals surface area contributed by atoms with E-state index in [0.717, 1.165) is 5.75 Å². The fourth-order valence-electron chi connectivity index (χ4n) is 2.28. The van der Waals surface area contributed by atoms with Crippen molar-refractivity contribution in [3.63, 3.8) is 0 Å². The van der Waals surface area contributed by atoms with Gasteiger partial charge in [0.25, 0.3) is 11.8 Å². The van der Waals surface area contributed by atoms with Crippen LogP contribution in [0.1, 0.15) is 21.5 Å². The lowest BCUT2D eigenvalue weighted by molar-refractivity contribution is -0.130. The SMILES string of the molecule is Cc1ccc(SCCNC(=O)c2ccccc2OCC(=O)N(C)C)cc1C. The normalized spacial score (nSPS) is 10.4. The van der Waals surface area contributed by atoms with Gasteiger partial charge in [0.2, 0.25) is 0 Å². The molecule has 0 unspecified atom stereocenters. The van der Waals surface area contributed by atoms with Crippen LogP contribution in [0.4, 0.5) is 0 Å². The molecule has 0 aliphatic carbocycles. The van der Waals surface area contributed by atoms with Crippen LogP contribution in [0.5, 0.6) is 5.75 Å². The summed E-state index contributed by atoms with van der Waals surface area (Å²) in [5, 5.41) is 2.91. The van der Waals surface area contributed by atoms with E-state index in [2.05, 4.69) is 37.4 Å². The molecule has 0 radical (unpaired) electrons. The minimum atomic E-state index is -0.205. The van der Waals surface area contributed by atoms with Crippen molar-refractivity contribution in [3.05, 3.63) is 59.2 Å². The number of carbonyl (C=O) groups excluding carboxylic acids is 2. The molecule has 1 N–H and O–H groups in total. The van der Waals surface area contributed by atoms with E-state index >= 15 is 0 Å². The molecule has 2 aromatic carbocycles. The highest BCUT2D eigenvalue weighted by atomic mass is 32.2. The Kier molecular flexibility index (Phi) is 7.73. The van der Waals surface area contributed by atoms with Gasteiger partial charge in [0, 0.05) is 31.3 Å². The predicted octanol–water partition coefficient (Wildman–Crippen LogP) is 3.29. The highest BCUT2D eigenvalue weighted by Gasteiger charge is 2.13. The molecule has 0 atom stereocenters. The maximum atomic E-state index is 12.5. The molecule has 144 valence electrons. The second kappa shape index (κ2) is 10.0. The number of amides is 2. The molecule has 0 aromatic heterocycles. The van der Waals surface area contributed by atoms with E-state index in [-0.39, 0.29) is 18.4 Å². The van der Waals surface area contributed by atoms with E-state index in [9.17, 15) is 9.59 Å². The standard InChI is InChI=1S/C21H26N2O3S/c1-15-9-10-17(13-16(15)2)27-12-11-22-21(25)18-7-5-6-8-19(18)26-14-20(24)23(3)4/h5-10,13H,11-12,14H2,1-4H3,(H,22,25). The van der Waals surface area contributed by atoms with Gasteiger partial charge in [-0.2, -0.15) is 0 Å². The van der Waals surface area contributed by atoms with Crippen molar-refractivity contribution in [3.8, 4) is 5.75 Å². The number of hydrogen-bond acceptors (Lipinski definition) is 4. The van der Waals surface area contributed by atoms with Gasteiger partial charge in [0.1, 0.15) is 5.75 Å². The number of nitrogens with one attached hydrogen (secondary N) is 1. The fraction of sp³-hybridized carbons (Fsp3) is 0.333. The second-order valence-corrected chi connectivity index (χ2v) is 7.59. The predicted molar refractivity (Wildman–Crippen MR) is 110 cm³/mol. The Bertz CT molecular complexity index is 806. The van der Waals surface area contributed by atoms with Crippen molar-refractivity contribution < 1.29 is 14.3 Å². The van der Waals surface area contributed by atoms with Crippen LogP contribution in [0.15, 0.2) is 47.4 Å². The van der Waals surface area contributed by atoms with E-state index < -0.39 is 0 Å². The number of aryl methyl sites for hydroxylation is 2. The highest BCUT2D eigenvalue weighted by Crippen LogP contribution is 2.21. The van der Waals surface area contributed by atoms with Gasteiger partial charge < -0.3 is 15.0 Å². The van der Waals surface area contributed by atoms with Crippen molar-refractivity contribution in [1.82, 2.24) is 10.2 Å².